The number of rotatable bonds is 5. The molecule has 7 nitrogen and oxygen atoms in total. The Morgan fingerprint density at radius 3 is 2.91 bits per heavy atom. The normalized spacial score (nSPS) is 19.0. The Morgan fingerprint density at radius 2 is 2.18 bits per heavy atom. The van der Waals surface area contributed by atoms with Crippen molar-refractivity contribution < 1.29 is 8.42 Å². The molecule has 1 aliphatic rings. The van der Waals surface area contributed by atoms with Crippen LogP contribution in [0.1, 0.15) is 17.4 Å². The molecular formula is C14H19N5O2S. The van der Waals surface area contributed by atoms with E-state index in [0.29, 0.717) is 6.54 Å². The van der Waals surface area contributed by atoms with Crippen LogP contribution in [-0.4, -0.2) is 47.4 Å². The molecule has 1 atom stereocenters. The van der Waals surface area contributed by atoms with Crippen molar-refractivity contribution in [2.24, 2.45) is 0 Å². The van der Waals surface area contributed by atoms with E-state index >= 15 is 0 Å². The van der Waals surface area contributed by atoms with E-state index in [0.717, 1.165) is 31.0 Å². The van der Waals surface area contributed by atoms with Crippen molar-refractivity contribution in [3.8, 4) is 0 Å². The standard InChI is InChI=1S/C14H19N5O2S/c1-22(20,21)17-8-14-11-18(9-12-4-2-3-6-15-12)10-13-5-7-16-19(13)14/h2-7,14,17H,8-11H2,1H3/t14-/m1/s1. The second-order valence-corrected chi connectivity index (χ2v) is 7.37. The van der Waals surface area contributed by atoms with E-state index in [4.69, 9.17) is 0 Å². The zero-order valence-electron chi connectivity index (χ0n) is 12.4. The third-order valence-electron chi connectivity index (χ3n) is 3.65. The highest BCUT2D eigenvalue weighted by Gasteiger charge is 2.26. The van der Waals surface area contributed by atoms with Crippen LogP contribution in [0.4, 0.5) is 0 Å². The third kappa shape index (κ3) is 3.70. The van der Waals surface area contributed by atoms with Crippen LogP contribution in [0.5, 0.6) is 0 Å². The van der Waals surface area contributed by atoms with Gasteiger partial charge in [-0.1, -0.05) is 6.07 Å². The van der Waals surface area contributed by atoms with Gasteiger partial charge in [-0.3, -0.25) is 14.6 Å². The van der Waals surface area contributed by atoms with Crippen molar-refractivity contribution >= 4 is 10.0 Å². The molecule has 3 heterocycles. The van der Waals surface area contributed by atoms with Gasteiger partial charge < -0.3 is 0 Å². The fourth-order valence-electron chi connectivity index (χ4n) is 2.70. The van der Waals surface area contributed by atoms with Gasteiger partial charge in [-0.15, -0.1) is 0 Å². The second kappa shape index (κ2) is 6.15. The fourth-order valence-corrected chi connectivity index (χ4v) is 3.20. The van der Waals surface area contributed by atoms with Crippen molar-refractivity contribution in [3.05, 3.63) is 48.0 Å². The summed E-state index contributed by atoms with van der Waals surface area (Å²) in [5, 5.41) is 4.32. The number of nitrogens with zero attached hydrogens (tertiary/aromatic N) is 4. The van der Waals surface area contributed by atoms with Crippen LogP contribution in [0, 0.1) is 0 Å². The smallest absolute Gasteiger partial charge is 0.208 e. The molecule has 0 spiro atoms. The average Bonchev–Trinajstić information content (AvgIpc) is 2.93. The summed E-state index contributed by atoms with van der Waals surface area (Å²) < 4.78 is 27.2. The van der Waals surface area contributed by atoms with Crippen LogP contribution >= 0.6 is 0 Å². The first-order valence-electron chi connectivity index (χ1n) is 7.10. The van der Waals surface area contributed by atoms with Gasteiger partial charge in [0.05, 0.1) is 23.7 Å². The first kappa shape index (κ1) is 15.1. The molecule has 0 amide bonds. The second-order valence-electron chi connectivity index (χ2n) is 5.53. The van der Waals surface area contributed by atoms with Gasteiger partial charge in [0.2, 0.25) is 10.0 Å². The molecule has 0 unspecified atom stereocenters. The molecule has 1 N–H and O–H groups in total. The minimum absolute atomic E-state index is 0.0165. The molecule has 0 radical (unpaired) electrons. The van der Waals surface area contributed by atoms with E-state index < -0.39 is 10.0 Å². The summed E-state index contributed by atoms with van der Waals surface area (Å²) in [6.07, 6.45) is 4.71. The monoisotopic (exact) mass is 321 g/mol. The van der Waals surface area contributed by atoms with Crippen LogP contribution < -0.4 is 4.72 Å². The van der Waals surface area contributed by atoms with E-state index in [2.05, 4.69) is 19.7 Å². The quantitative estimate of drug-likeness (QED) is 0.861. The van der Waals surface area contributed by atoms with Gasteiger partial charge in [0, 0.05) is 38.6 Å². The molecule has 0 saturated heterocycles. The summed E-state index contributed by atoms with van der Waals surface area (Å²) >= 11 is 0. The van der Waals surface area contributed by atoms with E-state index in [1.165, 1.54) is 6.26 Å². The molecule has 2 aromatic heterocycles. The number of pyridine rings is 1. The highest BCUT2D eigenvalue weighted by molar-refractivity contribution is 7.88. The van der Waals surface area contributed by atoms with Crippen molar-refractivity contribution in [2.45, 2.75) is 19.1 Å². The lowest BCUT2D eigenvalue weighted by Crippen LogP contribution is -2.42. The lowest BCUT2D eigenvalue weighted by molar-refractivity contribution is 0.166. The molecule has 1 aliphatic heterocycles. The first-order valence-corrected chi connectivity index (χ1v) is 9.00. The number of fused-ring (bicyclic) bond motifs is 1. The van der Waals surface area contributed by atoms with E-state index in [1.54, 1.807) is 12.4 Å². The Kier molecular flexibility index (Phi) is 4.23. The first-order chi connectivity index (χ1) is 10.5. The largest absolute Gasteiger partial charge is 0.290 e. The molecule has 0 aromatic carbocycles. The molecule has 22 heavy (non-hydrogen) atoms. The Hall–Kier alpha value is -1.77. The molecule has 2 aromatic rings. The van der Waals surface area contributed by atoms with Crippen LogP contribution in [0.2, 0.25) is 0 Å². The van der Waals surface area contributed by atoms with Gasteiger partial charge in [0.25, 0.3) is 0 Å². The highest BCUT2D eigenvalue weighted by atomic mass is 32.2. The van der Waals surface area contributed by atoms with Gasteiger partial charge >= 0.3 is 0 Å². The number of sulfonamides is 1. The number of aromatic nitrogens is 3. The van der Waals surface area contributed by atoms with Gasteiger partial charge in [-0.25, -0.2) is 13.1 Å². The fraction of sp³-hybridized carbons (Fsp3) is 0.429. The SMILES string of the molecule is CS(=O)(=O)NC[C@@H]1CN(Cc2ccccn2)Cc2ccnn21. The van der Waals surface area contributed by atoms with Crippen LogP contribution in [0.3, 0.4) is 0 Å². The predicted molar refractivity (Wildman–Crippen MR) is 82.5 cm³/mol. The summed E-state index contributed by atoms with van der Waals surface area (Å²) in [4.78, 5) is 6.61. The molecular weight excluding hydrogens is 302 g/mol. The predicted octanol–water partition coefficient (Wildman–Crippen LogP) is 0.384. The summed E-state index contributed by atoms with van der Waals surface area (Å²) in [6.45, 7) is 2.59. The molecule has 3 rings (SSSR count). The summed E-state index contributed by atoms with van der Waals surface area (Å²) in [5.74, 6) is 0. The van der Waals surface area contributed by atoms with Gasteiger partial charge in [-0.05, 0) is 18.2 Å². The summed E-state index contributed by atoms with van der Waals surface area (Å²) in [5.41, 5.74) is 2.09. The lowest BCUT2D eigenvalue weighted by Gasteiger charge is -2.33. The van der Waals surface area contributed by atoms with Crippen molar-refractivity contribution in [2.75, 3.05) is 19.3 Å². The van der Waals surface area contributed by atoms with Gasteiger partial charge in [0.1, 0.15) is 0 Å². The molecule has 118 valence electrons. The lowest BCUT2D eigenvalue weighted by atomic mass is 10.2. The molecule has 0 bridgehead atoms. The topological polar surface area (TPSA) is 80.1 Å². The van der Waals surface area contributed by atoms with Crippen LogP contribution in [-0.2, 0) is 23.1 Å². The zero-order valence-corrected chi connectivity index (χ0v) is 13.2. The maximum Gasteiger partial charge on any atom is 0.208 e. The molecule has 8 heteroatoms. The Balaban J connectivity index is 1.74. The van der Waals surface area contributed by atoms with Crippen molar-refractivity contribution in [3.63, 3.8) is 0 Å². The minimum atomic E-state index is -3.21. The Bertz CT molecular complexity index is 729. The highest BCUT2D eigenvalue weighted by Crippen LogP contribution is 2.21. The van der Waals surface area contributed by atoms with Gasteiger partial charge in [0.15, 0.2) is 0 Å². The maximum absolute atomic E-state index is 11.3. The maximum atomic E-state index is 11.3. The van der Waals surface area contributed by atoms with Crippen molar-refractivity contribution in [1.29, 1.82) is 0 Å². The number of hydrogen-bond acceptors (Lipinski definition) is 5. The minimum Gasteiger partial charge on any atom is -0.290 e. The van der Waals surface area contributed by atoms with E-state index in [9.17, 15) is 8.42 Å². The third-order valence-corrected chi connectivity index (χ3v) is 4.34. The molecule has 0 fully saturated rings. The Labute approximate surface area is 130 Å². The average molecular weight is 321 g/mol. The van der Waals surface area contributed by atoms with E-state index in [-0.39, 0.29) is 6.04 Å². The van der Waals surface area contributed by atoms with Crippen molar-refractivity contribution in [1.82, 2.24) is 24.4 Å². The summed E-state index contributed by atoms with van der Waals surface area (Å²) in [7, 11) is -3.21. The van der Waals surface area contributed by atoms with E-state index in [1.807, 2.05) is 28.9 Å². The van der Waals surface area contributed by atoms with Gasteiger partial charge in [-0.2, -0.15) is 5.10 Å². The summed E-state index contributed by atoms with van der Waals surface area (Å²) in [6, 6.07) is 7.82. The molecule has 0 saturated carbocycles. The van der Waals surface area contributed by atoms with Crippen LogP contribution in [0.15, 0.2) is 36.7 Å². The number of hydrogen-bond donors (Lipinski definition) is 1. The number of nitrogens with one attached hydrogen (secondary N) is 1. The molecule has 0 aliphatic carbocycles. The van der Waals surface area contributed by atoms with Crippen LogP contribution in [0.25, 0.3) is 0 Å². The Morgan fingerprint density at radius 1 is 1.32 bits per heavy atom. The zero-order chi connectivity index (χ0) is 15.6.